The third-order valence-electron chi connectivity index (χ3n) is 2.89. The Balaban J connectivity index is 2.44. The third-order valence-corrected chi connectivity index (χ3v) is 2.89. The Morgan fingerprint density at radius 3 is 2.53 bits per heavy atom. The molecule has 0 aromatic heterocycles. The van der Waals surface area contributed by atoms with Crippen LogP contribution in [-0.4, -0.2) is 41.9 Å². The first-order valence-electron chi connectivity index (χ1n) is 5.45. The number of aliphatic hydroxyl groups is 1. The molecule has 0 unspecified atom stereocenters. The SMILES string of the molecule is O=C(O)/C=C/NC(=O)CC1(CO)CCOCC1. The van der Waals surface area contributed by atoms with Gasteiger partial charge in [0.25, 0.3) is 0 Å². The molecule has 0 radical (unpaired) electrons. The molecule has 0 atom stereocenters. The number of nitrogens with one attached hydrogen (secondary N) is 1. The van der Waals surface area contributed by atoms with E-state index < -0.39 is 11.4 Å². The minimum absolute atomic E-state index is 0.0631. The van der Waals surface area contributed by atoms with Crippen molar-refractivity contribution in [3.05, 3.63) is 12.3 Å². The van der Waals surface area contributed by atoms with Crippen molar-refractivity contribution in [2.24, 2.45) is 5.41 Å². The number of aliphatic hydroxyl groups excluding tert-OH is 1. The van der Waals surface area contributed by atoms with E-state index in [0.717, 1.165) is 12.3 Å². The van der Waals surface area contributed by atoms with Crippen molar-refractivity contribution >= 4 is 11.9 Å². The number of hydrogen-bond acceptors (Lipinski definition) is 4. The van der Waals surface area contributed by atoms with Crippen LogP contribution in [0.25, 0.3) is 0 Å². The van der Waals surface area contributed by atoms with Crippen LogP contribution >= 0.6 is 0 Å². The van der Waals surface area contributed by atoms with Gasteiger partial charge in [0.1, 0.15) is 0 Å². The van der Waals surface area contributed by atoms with E-state index in [1.54, 1.807) is 0 Å². The second-order valence-corrected chi connectivity index (χ2v) is 4.19. The van der Waals surface area contributed by atoms with E-state index in [0.29, 0.717) is 26.1 Å². The highest BCUT2D eigenvalue weighted by Gasteiger charge is 2.34. The molecule has 96 valence electrons. The summed E-state index contributed by atoms with van der Waals surface area (Å²) in [5.41, 5.74) is -0.431. The van der Waals surface area contributed by atoms with E-state index >= 15 is 0 Å². The number of aliphatic carboxylic acids is 1. The van der Waals surface area contributed by atoms with Gasteiger partial charge in [-0.3, -0.25) is 4.79 Å². The van der Waals surface area contributed by atoms with Crippen LogP contribution in [-0.2, 0) is 14.3 Å². The van der Waals surface area contributed by atoms with Crippen LogP contribution in [0.3, 0.4) is 0 Å². The topological polar surface area (TPSA) is 95.9 Å². The number of carboxylic acids is 1. The fraction of sp³-hybridized carbons (Fsp3) is 0.636. The molecule has 1 aliphatic heterocycles. The standard InChI is InChI=1S/C11H17NO5/c13-8-11(2-5-17-6-3-11)7-9(14)12-4-1-10(15)16/h1,4,13H,2-3,5-8H2,(H,12,14)(H,15,16)/b4-1+. The first kappa shape index (κ1) is 13.7. The number of carboxylic acid groups (broad SMARTS) is 1. The molecule has 3 N–H and O–H groups in total. The van der Waals surface area contributed by atoms with E-state index in [1.807, 2.05) is 0 Å². The Morgan fingerprint density at radius 1 is 1.35 bits per heavy atom. The quantitative estimate of drug-likeness (QED) is 0.585. The van der Waals surface area contributed by atoms with E-state index in [1.165, 1.54) is 0 Å². The first-order valence-corrected chi connectivity index (χ1v) is 5.45. The van der Waals surface area contributed by atoms with Crippen LogP contribution in [0.15, 0.2) is 12.3 Å². The molecule has 0 bridgehead atoms. The van der Waals surface area contributed by atoms with Gasteiger partial charge >= 0.3 is 5.97 Å². The molecule has 1 saturated heterocycles. The molecule has 6 nitrogen and oxygen atoms in total. The predicted molar refractivity (Wildman–Crippen MR) is 59.1 cm³/mol. The van der Waals surface area contributed by atoms with Crippen molar-refractivity contribution < 1.29 is 24.5 Å². The average molecular weight is 243 g/mol. The van der Waals surface area contributed by atoms with Gasteiger partial charge in [-0.05, 0) is 12.8 Å². The molecule has 1 heterocycles. The van der Waals surface area contributed by atoms with Crippen LogP contribution in [0.4, 0.5) is 0 Å². The lowest BCUT2D eigenvalue weighted by molar-refractivity contribution is -0.131. The Morgan fingerprint density at radius 2 is 2.00 bits per heavy atom. The van der Waals surface area contributed by atoms with Gasteiger partial charge in [0.05, 0.1) is 0 Å². The zero-order chi connectivity index (χ0) is 12.7. The summed E-state index contributed by atoms with van der Waals surface area (Å²) < 4.78 is 5.19. The summed E-state index contributed by atoms with van der Waals surface area (Å²) in [6, 6.07) is 0. The van der Waals surface area contributed by atoms with Crippen molar-refractivity contribution in [2.75, 3.05) is 19.8 Å². The van der Waals surface area contributed by atoms with E-state index in [9.17, 15) is 14.7 Å². The minimum atomic E-state index is -1.12. The second kappa shape index (κ2) is 6.36. The summed E-state index contributed by atoms with van der Waals surface area (Å²) in [6.07, 6.45) is 3.40. The lowest BCUT2D eigenvalue weighted by Crippen LogP contribution is -2.37. The van der Waals surface area contributed by atoms with Gasteiger partial charge in [-0.25, -0.2) is 4.79 Å². The Bertz CT molecular complexity index is 307. The number of rotatable bonds is 5. The number of hydrogen-bond donors (Lipinski definition) is 3. The summed E-state index contributed by atoms with van der Waals surface area (Å²) in [5, 5.41) is 20.1. The van der Waals surface area contributed by atoms with Gasteiger partial charge in [-0.1, -0.05) is 0 Å². The van der Waals surface area contributed by atoms with Crippen molar-refractivity contribution in [3.63, 3.8) is 0 Å². The fourth-order valence-electron chi connectivity index (χ4n) is 1.79. The number of carbonyl (C=O) groups is 2. The third kappa shape index (κ3) is 4.54. The Labute approximate surface area is 99.3 Å². The normalized spacial score (nSPS) is 19.1. The monoisotopic (exact) mass is 243 g/mol. The van der Waals surface area contributed by atoms with E-state index in [-0.39, 0.29) is 18.9 Å². The van der Waals surface area contributed by atoms with Crippen molar-refractivity contribution in [1.29, 1.82) is 0 Å². The summed E-state index contributed by atoms with van der Waals surface area (Å²) in [4.78, 5) is 21.7. The number of amides is 1. The molecule has 1 aliphatic rings. The highest BCUT2D eigenvalue weighted by Crippen LogP contribution is 2.33. The molecule has 0 aromatic rings. The summed E-state index contributed by atoms with van der Waals surface area (Å²) in [6.45, 7) is 1.02. The van der Waals surface area contributed by atoms with E-state index in [2.05, 4.69) is 5.32 Å². The van der Waals surface area contributed by atoms with Crippen LogP contribution < -0.4 is 5.32 Å². The molecular weight excluding hydrogens is 226 g/mol. The molecule has 6 heteroatoms. The van der Waals surface area contributed by atoms with Crippen LogP contribution in [0.5, 0.6) is 0 Å². The summed E-state index contributed by atoms with van der Waals surface area (Å²) >= 11 is 0. The maximum atomic E-state index is 11.5. The molecular formula is C11H17NO5. The van der Waals surface area contributed by atoms with Gasteiger partial charge in [0.2, 0.25) is 5.91 Å². The van der Waals surface area contributed by atoms with Gasteiger partial charge in [-0.15, -0.1) is 0 Å². The maximum absolute atomic E-state index is 11.5. The van der Waals surface area contributed by atoms with Gasteiger partial charge < -0.3 is 20.3 Å². The number of carbonyl (C=O) groups excluding carboxylic acids is 1. The smallest absolute Gasteiger partial charge is 0.329 e. The largest absolute Gasteiger partial charge is 0.478 e. The van der Waals surface area contributed by atoms with Crippen molar-refractivity contribution in [3.8, 4) is 0 Å². The zero-order valence-electron chi connectivity index (χ0n) is 9.52. The molecule has 17 heavy (non-hydrogen) atoms. The molecule has 1 amide bonds. The summed E-state index contributed by atoms with van der Waals surface area (Å²) in [5.74, 6) is -1.41. The number of ether oxygens (including phenoxy) is 1. The molecule has 0 spiro atoms. The minimum Gasteiger partial charge on any atom is -0.478 e. The van der Waals surface area contributed by atoms with Crippen LogP contribution in [0.2, 0.25) is 0 Å². The van der Waals surface area contributed by atoms with E-state index in [4.69, 9.17) is 9.84 Å². The maximum Gasteiger partial charge on any atom is 0.329 e. The molecule has 1 fully saturated rings. The highest BCUT2D eigenvalue weighted by molar-refractivity contribution is 5.82. The predicted octanol–water partition coefficient (Wildman–Crippen LogP) is -0.120. The Kier molecular flexibility index (Phi) is 5.11. The highest BCUT2D eigenvalue weighted by atomic mass is 16.5. The molecule has 0 saturated carbocycles. The van der Waals surface area contributed by atoms with Gasteiger partial charge in [0, 0.05) is 43.9 Å². The first-order chi connectivity index (χ1) is 8.08. The molecule has 1 rings (SSSR count). The molecule has 0 aliphatic carbocycles. The van der Waals surface area contributed by atoms with Crippen molar-refractivity contribution in [1.82, 2.24) is 5.32 Å². The van der Waals surface area contributed by atoms with Crippen LogP contribution in [0.1, 0.15) is 19.3 Å². The Hall–Kier alpha value is -1.40. The van der Waals surface area contributed by atoms with Gasteiger partial charge in [0.15, 0.2) is 0 Å². The van der Waals surface area contributed by atoms with Crippen LogP contribution in [0, 0.1) is 5.41 Å². The molecule has 0 aromatic carbocycles. The van der Waals surface area contributed by atoms with Gasteiger partial charge in [-0.2, -0.15) is 0 Å². The fourth-order valence-corrected chi connectivity index (χ4v) is 1.79. The lowest BCUT2D eigenvalue weighted by atomic mass is 9.78. The average Bonchev–Trinajstić information content (AvgIpc) is 2.29. The zero-order valence-corrected chi connectivity index (χ0v) is 9.52. The lowest BCUT2D eigenvalue weighted by Gasteiger charge is -2.34. The summed E-state index contributed by atoms with van der Waals surface area (Å²) in [7, 11) is 0. The van der Waals surface area contributed by atoms with Crippen molar-refractivity contribution in [2.45, 2.75) is 19.3 Å². The second-order valence-electron chi connectivity index (χ2n) is 4.19.